The molecule has 1 unspecified atom stereocenters. The van der Waals surface area contributed by atoms with Gasteiger partial charge < -0.3 is 9.47 Å². The standard InChI is InChI=1S/C17H15BrN2O4S/c1-25(21,22)20-15(11-2-5-13(18)6-3-11)9-14(19-20)12-4-7-16-17(8-12)24-10-23-16/h2-8,15H,9-10H2,1H3. The third-order valence-corrected chi connectivity index (χ3v) is 5.72. The molecule has 6 nitrogen and oxygen atoms in total. The molecule has 2 aliphatic rings. The molecule has 0 bridgehead atoms. The molecule has 2 aliphatic heterocycles. The van der Waals surface area contributed by atoms with E-state index in [1.165, 1.54) is 10.7 Å². The average Bonchev–Trinajstić information content (AvgIpc) is 3.21. The highest BCUT2D eigenvalue weighted by Crippen LogP contribution is 2.38. The molecule has 130 valence electrons. The van der Waals surface area contributed by atoms with Gasteiger partial charge in [0.1, 0.15) is 0 Å². The van der Waals surface area contributed by atoms with Crippen molar-refractivity contribution < 1.29 is 17.9 Å². The minimum absolute atomic E-state index is 0.197. The number of sulfonamides is 1. The summed E-state index contributed by atoms with van der Waals surface area (Å²) in [7, 11) is -3.48. The monoisotopic (exact) mass is 422 g/mol. The number of hydrogen-bond acceptors (Lipinski definition) is 5. The Hall–Kier alpha value is -2.06. The van der Waals surface area contributed by atoms with Crippen molar-refractivity contribution >= 4 is 31.7 Å². The van der Waals surface area contributed by atoms with Crippen LogP contribution in [0.1, 0.15) is 23.6 Å². The number of rotatable bonds is 3. The fraction of sp³-hybridized carbons (Fsp3) is 0.235. The second-order valence-electron chi connectivity index (χ2n) is 5.92. The number of fused-ring (bicyclic) bond motifs is 1. The van der Waals surface area contributed by atoms with E-state index in [-0.39, 0.29) is 12.8 Å². The van der Waals surface area contributed by atoms with Crippen molar-refractivity contribution in [3.05, 3.63) is 58.1 Å². The van der Waals surface area contributed by atoms with Gasteiger partial charge in [0, 0.05) is 16.5 Å². The molecular weight excluding hydrogens is 408 g/mol. The molecule has 4 rings (SSSR count). The summed E-state index contributed by atoms with van der Waals surface area (Å²) in [4.78, 5) is 0. The molecular formula is C17H15BrN2O4S. The average molecular weight is 423 g/mol. The first kappa shape index (κ1) is 16.4. The Morgan fingerprint density at radius 2 is 1.84 bits per heavy atom. The van der Waals surface area contributed by atoms with Gasteiger partial charge in [-0.15, -0.1) is 0 Å². The zero-order valence-electron chi connectivity index (χ0n) is 13.3. The lowest BCUT2D eigenvalue weighted by molar-refractivity contribution is 0.174. The Labute approximate surface area is 154 Å². The number of ether oxygens (including phenoxy) is 2. The van der Waals surface area contributed by atoms with Gasteiger partial charge >= 0.3 is 0 Å². The molecule has 2 aromatic rings. The molecule has 1 atom stereocenters. The molecule has 0 amide bonds. The minimum atomic E-state index is -3.48. The maximum absolute atomic E-state index is 12.2. The topological polar surface area (TPSA) is 68.2 Å². The van der Waals surface area contributed by atoms with Gasteiger partial charge in [-0.05, 0) is 35.9 Å². The Balaban J connectivity index is 1.71. The normalized spacial score (nSPS) is 19.2. The van der Waals surface area contributed by atoms with Crippen molar-refractivity contribution in [1.29, 1.82) is 0 Å². The second-order valence-corrected chi connectivity index (χ2v) is 8.68. The highest BCUT2D eigenvalue weighted by Gasteiger charge is 2.34. The van der Waals surface area contributed by atoms with Crippen LogP contribution in [0.3, 0.4) is 0 Å². The molecule has 0 fully saturated rings. The van der Waals surface area contributed by atoms with Gasteiger partial charge in [0.2, 0.25) is 16.8 Å². The van der Waals surface area contributed by atoms with E-state index in [1.807, 2.05) is 42.5 Å². The summed E-state index contributed by atoms with van der Waals surface area (Å²) < 4.78 is 37.3. The number of nitrogens with zero attached hydrogens (tertiary/aromatic N) is 2. The van der Waals surface area contributed by atoms with Crippen molar-refractivity contribution in [1.82, 2.24) is 4.41 Å². The van der Waals surface area contributed by atoms with Crippen LogP contribution in [0.15, 0.2) is 52.0 Å². The summed E-state index contributed by atoms with van der Waals surface area (Å²) in [6.45, 7) is 0.197. The summed E-state index contributed by atoms with van der Waals surface area (Å²) in [5.41, 5.74) is 2.43. The van der Waals surface area contributed by atoms with Crippen molar-refractivity contribution in [3.63, 3.8) is 0 Å². The van der Waals surface area contributed by atoms with Crippen molar-refractivity contribution in [3.8, 4) is 11.5 Å². The summed E-state index contributed by atoms with van der Waals surface area (Å²) in [5, 5.41) is 4.39. The van der Waals surface area contributed by atoms with Gasteiger partial charge in [-0.25, -0.2) is 8.42 Å². The van der Waals surface area contributed by atoms with E-state index in [0.717, 1.165) is 15.6 Å². The molecule has 2 aromatic carbocycles. The summed E-state index contributed by atoms with van der Waals surface area (Å²) in [6, 6.07) is 12.8. The first-order valence-electron chi connectivity index (χ1n) is 7.64. The lowest BCUT2D eigenvalue weighted by Gasteiger charge is -2.21. The molecule has 0 N–H and O–H groups in total. The maximum Gasteiger partial charge on any atom is 0.247 e. The number of hydrazone groups is 1. The predicted molar refractivity (Wildman–Crippen MR) is 97.3 cm³/mol. The molecule has 2 heterocycles. The fourth-order valence-electron chi connectivity index (χ4n) is 2.98. The van der Waals surface area contributed by atoms with E-state index in [4.69, 9.17) is 9.47 Å². The molecule has 0 saturated heterocycles. The number of hydrogen-bond donors (Lipinski definition) is 0. The quantitative estimate of drug-likeness (QED) is 0.760. The minimum Gasteiger partial charge on any atom is -0.454 e. The zero-order chi connectivity index (χ0) is 17.6. The largest absolute Gasteiger partial charge is 0.454 e. The first-order valence-corrected chi connectivity index (χ1v) is 10.3. The lowest BCUT2D eigenvalue weighted by Crippen LogP contribution is -2.25. The van der Waals surface area contributed by atoms with Crippen molar-refractivity contribution in [2.75, 3.05) is 13.0 Å². The second kappa shape index (κ2) is 6.03. The summed E-state index contributed by atoms with van der Waals surface area (Å²) >= 11 is 3.40. The van der Waals surface area contributed by atoms with Gasteiger partial charge in [-0.3, -0.25) is 0 Å². The molecule has 0 aliphatic carbocycles. The Kier molecular flexibility index (Phi) is 3.96. The zero-order valence-corrected chi connectivity index (χ0v) is 15.7. The van der Waals surface area contributed by atoms with E-state index in [1.54, 1.807) is 0 Å². The third-order valence-electron chi connectivity index (χ3n) is 4.17. The first-order chi connectivity index (χ1) is 11.9. The van der Waals surface area contributed by atoms with Crippen LogP contribution >= 0.6 is 15.9 Å². The summed E-state index contributed by atoms with van der Waals surface area (Å²) in [5.74, 6) is 1.34. The van der Waals surface area contributed by atoms with E-state index in [2.05, 4.69) is 21.0 Å². The van der Waals surface area contributed by atoms with Crippen molar-refractivity contribution in [2.24, 2.45) is 5.10 Å². The van der Waals surface area contributed by atoms with Crippen LogP contribution in [0.4, 0.5) is 0 Å². The van der Waals surface area contributed by atoms with Gasteiger partial charge in [-0.2, -0.15) is 9.52 Å². The van der Waals surface area contributed by atoms with Crippen molar-refractivity contribution in [2.45, 2.75) is 12.5 Å². The van der Waals surface area contributed by atoms with Crippen LogP contribution in [0.25, 0.3) is 0 Å². The molecule has 0 saturated carbocycles. The Morgan fingerprint density at radius 3 is 2.56 bits per heavy atom. The van der Waals surface area contributed by atoms with Crippen LogP contribution in [0.2, 0.25) is 0 Å². The summed E-state index contributed by atoms with van der Waals surface area (Å²) in [6.07, 6.45) is 1.67. The van der Waals surface area contributed by atoms with Gasteiger partial charge in [-0.1, -0.05) is 28.1 Å². The molecule has 0 radical (unpaired) electrons. The number of benzene rings is 2. The van der Waals surface area contributed by atoms with E-state index in [9.17, 15) is 8.42 Å². The Morgan fingerprint density at radius 1 is 1.12 bits per heavy atom. The van der Waals surface area contributed by atoms with E-state index < -0.39 is 10.0 Å². The fourth-order valence-corrected chi connectivity index (χ4v) is 4.15. The highest BCUT2D eigenvalue weighted by molar-refractivity contribution is 9.10. The van der Waals surface area contributed by atoms with Crippen LogP contribution in [-0.2, 0) is 10.0 Å². The smallest absolute Gasteiger partial charge is 0.247 e. The SMILES string of the molecule is CS(=O)(=O)N1N=C(c2ccc3c(c2)OCO3)CC1c1ccc(Br)cc1. The van der Waals surface area contributed by atoms with Crippen LogP contribution in [0, 0.1) is 0 Å². The van der Waals surface area contributed by atoms with Crippen LogP contribution in [-0.4, -0.2) is 31.6 Å². The molecule has 25 heavy (non-hydrogen) atoms. The maximum atomic E-state index is 12.2. The molecule has 0 spiro atoms. The third kappa shape index (κ3) is 3.11. The van der Waals surface area contributed by atoms with Crippen LogP contribution in [0.5, 0.6) is 11.5 Å². The molecule has 8 heteroatoms. The van der Waals surface area contributed by atoms with Gasteiger partial charge in [0.25, 0.3) is 0 Å². The van der Waals surface area contributed by atoms with E-state index in [0.29, 0.717) is 23.6 Å². The molecule has 0 aromatic heterocycles. The van der Waals surface area contributed by atoms with Crippen LogP contribution < -0.4 is 9.47 Å². The van der Waals surface area contributed by atoms with Gasteiger partial charge in [0.05, 0.1) is 18.0 Å². The Bertz CT molecular complexity index is 957. The highest BCUT2D eigenvalue weighted by atomic mass is 79.9. The predicted octanol–water partition coefficient (Wildman–Crippen LogP) is 3.29. The van der Waals surface area contributed by atoms with E-state index >= 15 is 0 Å². The number of halogens is 1. The lowest BCUT2D eigenvalue weighted by atomic mass is 9.99. The van der Waals surface area contributed by atoms with Gasteiger partial charge in [0.15, 0.2) is 11.5 Å².